The molecule has 1 aromatic carbocycles. The number of benzene rings is 1. The monoisotopic (exact) mass is 373 g/mol. The molecular weight excluding hydrogens is 354 g/mol. The summed E-state index contributed by atoms with van der Waals surface area (Å²) >= 11 is 5.90. The first-order valence-corrected chi connectivity index (χ1v) is 9.28. The van der Waals surface area contributed by atoms with E-state index in [1.165, 1.54) is 0 Å². The number of furan rings is 1. The highest BCUT2D eigenvalue weighted by Gasteiger charge is 2.53. The summed E-state index contributed by atoms with van der Waals surface area (Å²) in [7, 11) is 0. The number of halogens is 1. The first-order chi connectivity index (χ1) is 12.6. The van der Waals surface area contributed by atoms with E-state index in [4.69, 9.17) is 20.8 Å². The fourth-order valence-electron chi connectivity index (χ4n) is 3.99. The number of esters is 1. The molecule has 1 aliphatic carbocycles. The van der Waals surface area contributed by atoms with Gasteiger partial charge in [0.15, 0.2) is 0 Å². The van der Waals surface area contributed by atoms with Gasteiger partial charge in [0.1, 0.15) is 17.1 Å². The Morgan fingerprint density at radius 3 is 2.62 bits per heavy atom. The molecule has 1 saturated heterocycles. The van der Waals surface area contributed by atoms with Crippen LogP contribution in [-0.4, -0.2) is 17.5 Å². The maximum Gasteiger partial charge on any atom is 0.307 e. The minimum atomic E-state index is -0.585. The Morgan fingerprint density at radius 2 is 1.88 bits per heavy atom. The quantitative estimate of drug-likeness (QED) is 0.819. The Hall–Kier alpha value is -2.27. The van der Waals surface area contributed by atoms with E-state index in [0.717, 1.165) is 37.0 Å². The number of amides is 1. The second-order valence-electron chi connectivity index (χ2n) is 6.99. The molecular formula is C20H20ClNO4. The molecule has 136 valence electrons. The molecule has 2 fully saturated rings. The second kappa shape index (κ2) is 6.80. The summed E-state index contributed by atoms with van der Waals surface area (Å²) < 4.78 is 11.3. The van der Waals surface area contributed by atoms with Crippen LogP contribution in [0, 0.1) is 5.92 Å². The lowest BCUT2D eigenvalue weighted by Crippen LogP contribution is -2.42. The van der Waals surface area contributed by atoms with Gasteiger partial charge < -0.3 is 14.5 Å². The fourth-order valence-corrected chi connectivity index (χ4v) is 4.11. The van der Waals surface area contributed by atoms with Crippen molar-refractivity contribution in [3.63, 3.8) is 0 Å². The van der Waals surface area contributed by atoms with Crippen molar-refractivity contribution in [3.8, 4) is 11.3 Å². The van der Waals surface area contributed by atoms with Crippen molar-refractivity contribution in [2.75, 3.05) is 0 Å². The van der Waals surface area contributed by atoms with E-state index in [1.54, 1.807) is 12.1 Å². The van der Waals surface area contributed by atoms with Crippen molar-refractivity contribution in [3.05, 3.63) is 47.2 Å². The highest BCUT2D eigenvalue weighted by atomic mass is 35.5. The zero-order valence-corrected chi connectivity index (χ0v) is 15.1. The molecule has 0 radical (unpaired) electrons. The van der Waals surface area contributed by atoms with Gasteiger partial charge in [-0.1, -0.05) is 11.6 Å². The summed E-state index contributed by atoms with van der Waals surface area (Å²) in [5.74, 6) is 0.576. The van der Waals surface area contributed by atoms with E-state index in [2.05, 4.69) is 5.32 Å². The molecule has 1 unspecified atom stereocenters. The maximum atomic E-state index is 12.6. The zero-order chi connectivity index (χ0) is 18.1. The summed E-state index contributed by atoms with van der Waals surface area (Å²) in [5, 5.41) is 3.57. The van der Waals surface area contributed by atoms with Gasteiger partial charge in [0.2, 0.25) is 5.91 Å². The van der Waals surface area contributed by atoms with Gasteiger partial charge >= 0.3 is 5.97 Å². The molecule has 1 aliphatic heterocycles. The third kappa shape index (κ3) is 3.23. The van der Waals surface area contributed by atoms with Gasteiger partial charge in [0, 0.05) is 10.6 Å². The van der Waals surface area contributed by atoms with Gasteiger partial charge in [-0.15, -0.1) is 0 Å². The smallest absolute Gasteiger partial charge is 0.307 e. The topological polar surface area (TPSA) is 68.5 Å². The van der Waals surface area contributed by atoms with Crippen LogP contribution < -0.4 is 5.32 Å². The first-order valence-electron chi connectivity index (χ1n) is 8.90. The second-order valence-corrected chi connectivity index (χ2v) is 7.43. The first kappa shape index (κ1) is 17.2. The van der Waals surface area contributed by atoms with Gasteiger partial charge in [0.05, 0.1) is 18.9 Å². The van der Waals surface area contributed by atoms with E-state index in [9.17, 15) is 9.59 Å². The van der Waals surface area contributed by atoms with Crippen molar-refractivity contribution in [1.82, 2.24) is 5.32 Å². The minimum Gasteiger partial charge on any atom is -0.459 e. The Bertz CT molecular complexity index is 821. The predicted octanol–water partition coefficient (Wildman–Crippen LogP) is 4.09. The van der Waals surface area contributed by atoms with Crippen molar-refractivity contribution in [2.45, 2.75) is 44.2 Å². The van der Waals surface area contributed by atoms with Crippen LogP contribution in [0.3, 0.4) is 0 Å². The average molecular weight is 374 g/mol. The normalized spacial score (nSPS) is 21.1. The summed E-state index contributed by atoms with van der Waals surface area (Å²) in [6, 6.07) is 11.1. The highest BCUT2D eigenvalue weighted by molar-refractivity contribution is 6.30. The van der Waals surface area contributed by atoms with Crippen molar-refractivity contribution >= 4 is 23.5 Å². The van der Waals surface area contributed by atoms with E-state index in [1.807, 2.05) is 24.3 Å². The van der Waals surface area contributed by atoms with Crippen molar-refractivity contribution in [2.24, 2.45) is 5.92 Å². The number of hydrogen-bond acceptors (Lipinski definition) is 4. The number of ether oxygens (including phenoxy) is 1. The van der Waals surface area contributed by atoms with Crippen LogP contribution >= 0.6 is 11.6 Å². The number of nitrogens with one attached hydrogen (secondary N) is 1. The van der Waals surface area contributed by atoms with Gasteiger partial charge in [-0.2, -0.15) is 0 Å². The van der Waals surface area contributed by atoms with Gasteiger partial charge in [-0.05, 0) is 62.1 Å². The number of rotatable bonds is 4. The lowest BCUT2D eigenvalue weighted by atomic mass is 9.85. The van der Waals surface area contributed by atoms with Crippen LogP contribution in [0.15, 0.2) is 40.8 Å². The molecule has 1 aromatic heterocycles. The van der Waals surface area contributed by atoms with Crippen molar-refractivity contribution < 1.29 is 18.7 Å². The molecule has 1 N–H and O–H groups in total. The molecule has 2 aliphatic rings. The molecule has 1 atom stereocenters. The number of carbonyl (C=O) groups excluding carboxylic acids is 2. The molecule has 2 heterocycles. The molecule has 4 rings (SSSR count). The maximum absolute atomic E-state index is 12.6. The van der Waals surface area contributed by atoms with Crippen LogP contribution in [0.2, 0.25) is 5.02 Å². The molecule has 1 spiro atoms. The lowest BCUT2D eigenvalue weighted by molar-refractivity contribution is -0.150. The Labute approximate surface area is 156 Å². The summed E-state index contributed by atoms with van der Waals surface area (Å²) in [4.78, 5) is 24.4. The summed E-state index contributed by atoms with van der Waals surface area (Å²) in [6.45, 7) is 0.285. The minimum absolute atomic E-state index is 0.137. The number of carbonyl (C=O) groups is 2. The Kier molecular flexibility index (Phi) is 4.49. The van der Waals surface area contributed by atoms with E-state index in [0.29, 0.717) is 10.8 Å². The summed E-state index contributed by atoms with van der Waals surface area (Å²) in [5.41, 5.74) is 0.338. The number of hydrogen-bond donors (Lipinski definition) is 1. The van der Waals surface area contributed by atoms with Crippen LogP contribution in [0.5, 0.6) is 0 Å². The molecule has 2 aromatic rings. The molecule has 26 heavy (non-hydrogen) atoms. The largest absolute Gasteiger partial charge is 0.459 e. The highest BCUT2D eigenvalue weighted by Crippen LogP contribution is 2.45. The SMILES string of the molecule is O=C1CC(C(=O)NCc2ccc(-c3ccc(Cl)cc3)o2)C2(CCCC2)O1. The molecule has 1 amide bonds. The van der Waals surface area contributed by atoms with Crippen LogP contribution in [-0.2, 0) is 20.9 Å². The fraction of sp³-hybridized carbons (Fsp3) is 0.400. The van der Waals surface area contributed by atoms with E-state index >= 15 is 0 Å². The lowest BCUT2D eigenvalue weighted by Gasteiger charge is -2.27. The Morgan fingerprint density at radius 1 is 1.15 bits per heavy atom. The van der Waals surface area contributed by atoms with E-state index < -0.39 is 11.5 Å². The zero-order valence-electron chi connectivity index (χ0n) is 14.3. The third-order valence-electron chi connectivity index (χ3n) is 5.32. The van der Waals surface area contributed by atoms with Crippen LogP contribution in [0.4, 0.5) is 0 Å². The molecule has 5 nitrogen and oxygen atoms in total. The Balaban J connectivity index is 1.40. The molecule has 1 saturated carbocycles. The molecule has 0 bridgehead atoms. The van der Waals surface area contributed by atoms with Crippen molar-refractivity contribution in [1.29, 1.82) is 0 Å². The standard InChI is InChI=1S/C20H20ClNO4/c21-14-5-3-13(4-6-14)17-8-7-15(25-17)12-22-19(24)16-11-18(23)26-20(16)9-1-2-10-20/h3-8,16H,1-2,9-12H2,(H,22,24). The predicted molar refractivity (Wildman–Crippen MR) is 96.4 cm³/mol. The summed E-state index contributed by atoms with van der Waals surface area (Å²) in [6.07, 6.45) is 3.72. The third-order valence-corrected chi connectivity index (χ3v) is 5.57. The average Bonchev–Trinajstić information content (AvgIpc) is 3.35. The molecule has 6 heteroatoms. The van der Waals surface area contributed by atoms with Gasteiger partial charge in [-0.25, -0.2) is 0 Å². The van der Waals surface area contributed by atoms with Crippen LogP contribution in [0.25, 0.3) is 11.3 Å². The van der Waals surface area contributed by atoms with Gasteiger partial charge in [-0.3, -0.25) is 9.59 Å². The van der Waals surface area contributed by atoms with Gasteiger partial charge in [0.25, 0.3) is 0 Å². The van der Waals surface area contributed by atoms with E-state index in [-0.39, 0.29) is 24.8 Å². The van der Waals surface area contributed by atoms with Crippen LogP contribution in [0.1, 0.15) is 37.9 Å².